The maximum Gasteiger partial charge on any atom is 0.369 e. The van der Waals surface area contributed by atoms with Crippen molar-refractivity contribution in [2.75, 3.05) is 0 Å². The second-order valence-electron chi connectivity index (χ2n) is 1.22. The summed E-state index contributed by atoms with van der Waals surface area (Å²) in [5, 5.41) is 7.99. The van der Waals surface area contributed by atoms with Crippen molar-refractivity contribution in [2.24, 2.45) is 17.4 Å². The number of rotatable bonds is 2. The van der Waals surface area contributed by atoms with Crippen molar-refractivity contribution >= 4 is 5.97 Å². The van der Waals surface area contributed by atoms with Gasteiger partial charge < -0.3 is 5.11 Å². The average Bonchev–Trinajstić information content (AvgIpc) is 1.67. The van der Waals surface area contributed by atoms with Crippen LogP contribution in [0.5, 0.6) is 0 Å². The summed E-state index contributed by atoms with van der Waals surface area (Å²) in [4.78, 5) is 13.5. The summed E-state index contributed by atoms with van der Waals surface area (Å²) in [6.45, 7) is 0. The zero-order valence-corrected chi connectivity index (χ0v) is 4.00. The molecule has 0 unspecified atom stereocenters. The maximum absolute atomic E-state index is 9.80. The van der Waals surface area contributed by atoms with Crippen LogP contribution in [-0.4, -0.2) is 16.9 Å². The minimum atomic E-state index is -2.26. The number of carboxylic acid groups (broad SMARTS) is 1. The first-order valence-electron chi connectivity index (χ1n) is 1.69. The van der Waals surface area contributed by atoms with Crippen LogP contribution in [0, 0.1) is 0 Å². The maximum atomic E-state index is 9.80. The molecule has 6 nitrogen and oxygen atoms in total. The molecular formula is C2H7N3O3. The van der Waals surface area contributed by atoms with E-state index >= 15 is 0 Å². The second kappa shape index (κ2) is 2.05. The molecule has 0 aromatic rings. The van der Waals surface area contributed by atoms with Crippen LogP contribution in [0.1, 0.15) is 0 Å². The fraction of sp³-hybridized carbons (Fsp3) is 0.500. The van der Waals surface area contributed by atoms with E-state index in [0.717, 1.165) is 0 Å². The molecule has 0 aromatic carbocycles. The van der Waals surface area contributed by atoms with Crippen LogP contribution in [0.3, 0.4) is 0 Å². The molecule has 0 amide bonds. The van der Waals surface area contributed by atoms with Crippen LogP contribution in [0.25, 0.3) is 0 Å². The highest BCUT2D eigenvalue weighted by Gasteiger charge is 2.28. The molecule has 0 rings (SSSR count). The van der Waals surface area contributed by atoms with Crippen molar-refractivity contribution in [1.82, 2.24) is 0 Å². The minimum absolute atomic E-state index is 1.51. The van der Waals surface area contributed by atoms with Gasteiger partial charge in [0, 0.05) is 0 Å². The molecule has 0 radical (unpaired) electrons. The van der Waals surface area contributed by atoms with Gasteiger partial charge in [0.25, 0.3) is 5.85 Å². The number of carboxylic acids is 1. The molecule has 48 valence electrons. The molecule has 0 aliphatic heterocycles. The Hall–Kier alpha value is -0.690. The lowest BCUT2D eigenvalue weighted by molar-refractivity contribution is -0.165. The third kappa shape index (κ3) is 1.43. The molecule has 0 aliphatic carbocycles. The van der Waals surface area contributed by atoms with E-state index in [1.54, 1.807) is 0 Å². The molecule has 6 heteroatoms. The number of carbonyl (C=O) groups is 1. The average molecular weight is 121 g/mol. The Kier molecular flexibility index (Phi) is 1.88. The van der Waals surface area contributed by atoms with Gasteiger partial charge in [-0.1, -0.05) is 0 Å². The van der Waals surface area contributed by atoms with Gasteiger partial charge in [-0.3, -0.25) is 16.3 Å². The molecular weight excluding hydrogens is 114 g/mol. The normalized spacial score (nSPS) is 11.4. The zero-order valence-electron chi connectivity index (χ0n) is 4.00. The summed E-state index contributed by atoms with van der Waals surface area (Å²) in [6, 6.07) is 0. The van der Waals surface area contributed by atoms with Crippen LogP contribution in [0.2, 0.25) is 0 Å². The first kappa shape index (κ1) is 7.31. The summed E-state index contributed by atoms with van der Waals surface area (Å²) < 4.78 is 0. The van der Waals surface area contributed by atoms with Gasteiger partial charge in [0.05, 0.1) is 0 Å². The summed E-state index contributed by atoms with van der Waals surface area (Å²) >= 11 is 0. The highest BCUT2D eigenvalue weighted by Crippen LogP contribution is 1.85. The monoisotopic (exact) mass is 121 g/mol. The van der Waals surface area contributed by atoms with Crippen LogP contribution >= 0.6 is 0 Å². The Morgan fingerprint density at radius 3 is 2.00 bits per heavy atom. The second-order valence-corrected chi connectivity index (χ2v) is 1.22. The molecule has 0 fully saturated rings. The summed E-state index contributed by atoms with van der Waals surface area (Å²) in [6.07, 6.45) is 0. The number of hydrogen-bond acceptors (Lipinski definition) is 5. The van der Waals surface area contributed by atoms with Crippen LogP contribution in [-0.2, 0) is 9.63 Å². The Balaban J connectivity index is 3.91. The van der Waals surface area contributed by atoms with Gasteiger partial charge in [0.1, 0.15) is 0 Å². The lowest BCUT2D eigenvalue weighted by Gasteiger charge is -2.13. The number of aliphatic carboxylic acids is 1. The van der Waals surface area contributed by atoms with E-state index in [2.05, 4.69) is 22.2 Å². The SMILES string of the molecule is NOC(N)(N)C(=O)O. The molecule has 0 aliphatic rings. The highest BCUT2D eigenvalue weighted by molar-refractivity contribution is 5.75. The van der Waals surface area contributed by atoms with Gasteiger partial charge in [-0.05, 0) is 0 Å². The molecule has 0 spiro atoms. The Morgan fingerprint density at radius 1 is 1.62 bits per heavy atom. The molecule has 0 atom stereocenters. The van der Waals surface area contributed by atoms with E-state index in [4.69, 9.17) is 5.11 Å². The number of nitrogens with two attached hydrogens (primary N) is 3. The van der Waals surface area contributed by atoms with E-state index < -0.39 is 11.8 Å². The summed E-state index contributed by atoms with van der Waals surface area (Å²) in [5.41, 5.74) is 9.38. The van der Waals surface area contributed by atoms with Gasteiger partial charge in [-0.15, -0.1) is 0 Å². The Bertz CT molecular complexity index is 101. The smallest absolute Gasteiger partial charge is 0.369 e. The predicted octanol–water partition coefficient (Wildman–Crippen LogP) is -2.47. The van der Waals surface area contributed by atoms with Crippen molar-refractivity contribution in [3.8, 4) is 0 Å². The molecule has 0 saturated heterocycles. The topological polar surface area (TPSA) is 125 Å². The van der Waals surface area contributed by atoms with Crippen molar-refractivity contribution in [2.45, 2.75) is 5.85 Å². The fourth-order valence-electron chi connectivity index (χ4n) is 0.0504. The van der Waals surface area contributed by atoms with E-state index in [9.17, 15) is 4.79 Å². The zero-order chi connectivity index (χ0) is 6.78. The number of hydrogen-bond donors (Lipinski definition) is 4. The van der Waals surface area contributed by atoms with E-state index in [1.807, 2.05) is 0 Å². The molecule has 0 bridgehead atoms. The largest absolute Gasteiger partial charge is 0.477 e. The fourth-order valence-corrected chi connectivity index (χ4v) is 0.0504. The summed E-state index contributed by atoms with van der Waals surface area (Å²) in [7, 11) is 0. The first-order valence-corrected chi connectivity index (χ1v) is 1.69. The third-order valence-electron chi connectivity index (χ3n) is 0.529. The van der Waals surface area contributed by atoms with Gasteiger partial charge >= 0.3 is 5.97 Å². The highest BCUT2D eigenvalue weighted by atomic mass is 16.7. The van der Waals surface area contributed by atoms with Gasteiger partial charge in [-0.25, -0.2) is 10.7 Å². The van der Waals surface area contributed by atoms with Gasteiger partial charge in [0.15, 0.2) is 0 Å². The molecule has 0 heterocycles. The van der Waals surface area contributed by atoms with Gasteiger partial charge in [-0.2, -0.15) is 0 Å². The molecule has 0 saturated carbocycles. The Morgan fingerprint density at radius 2 is 2.00 bits per heavy atom. The van der Waals surface area contributed by atoms with E-state index in [-0.39, 0.29) is 0 Å². The van der Waals surface area contributed by atoms with Crippen molar-refractivity contribution in [3.63, 3.8) is 0 Å². The lowest BCUT2D eigenvalue weighted by atomic mass is 10.5. The Labute approximate surface area is 45.1 Å². The van der Waals surface area contributed by atoms with Gasteiger partial charge in [0.2, 0.25) is 0 Å². The van der Waals surface area contributed by atoms with Crippen LogP contribution in [0.15, 0.2) is 0 Å². The van der Waals surface area contributed by atoms with E-state index in [1.165, 1.54) is 0 Å². The third-order valence-corrected chi connectivity index (χ3v) is 0.529. The molecule has 0 aromatic heterocycles. The first-order chi connectivity index (χ1) is 3.50. The van der Waals surface area contributed by atoms with Crippen LogP contribution in [0.4, 0.5) is 0 Å². The van der Waals surface area contributed by atoms with E-state index in [0.29, 0.717) is 0 Å². The quantitative estimate of drug-likeness (QED) is 0.237. The lowest BCUT2D eigenvalue weighted by Crippen LogP contribution is -2.60. The predicted molar refractivity (Wildman–Crippen MR) is 24.0 cm³/mol. The molecule has 7 N–H and O–H groups in total. The standard InChI is InChI=1S/C2H7N3O3/c3-2(4,8-5)1(6)7/h3-5H2,(H,6,7). The van der Waals surface area contributed by atoms with Crippen molar-refractivity contribution in [3.05, 3.63) is 0 Å². The van der Waals surface area contributed by atoms with Crippen molar-refractivity contribution < 1.29 is 14.7 Å². The van der Waals surface area contributed by atoms with Crippen LogP contribution < -0.4 is 17.4 Å². The summed E-state index contributed by atoms with van der Waals surface area (Å²) in [5.74, 6) is 0.599. The minimum Gasteiger partial charge on any atom is -0.477 e. The van der Waals surface area contributed by atoms with Crippen molar-refractivity contribution in [1.29, 1.82) is 0 Å². The molecule has 8 heavy (non-hydrogen) atoms.